The van der Waals surface area contributed by atoms with Gasteiger partial charge in [-0.1, -0.05) is 6.42 Å². The molecule has 0 radical (unpaired) electrons. The van der Waals surface area contributed by atoms with Crippen LogP contribution in [0, 0.1) is 0 Å². The second-order valence-electron chi connectivity index (χ2n) is 4.39. The summed E-state index contributed by atoms with van der Waals surface area (Å²) in [5.41, 5.74) is 0. The minimum Gasteiger partial charge on any atom is -0.466 e. The van der Waals surface area contributed by atoms with Gasteiger partial charge in [0.05, 0.1) is 13.0 Å². The average molecular weight is 245 g/mol. The summed E-state index contributed by atoms with van der Waals surface area (Å²) in [6.45, 7) is 4.38. The fourth-order valence-electron chi connectivity index (χ4n) is 2.29. The molecule has 1 fully saturated rings. The van der Waals surface area contributed by atoms with Gasteiger partial charge in [0.1, 0.15) is 0 Å². The lowest BCUT2D eigenvalue weighted by atomic mass is 10.1. The molecule has 0 aliphatic heterocycles. The Labute approximate surface area is 103 Å². The van der Waals surface area contributed by atoms with Crippen LogP contribution in [0.1, 0.15) is 39.5 Å². The van der Waals surface area contributed by atoms with E-state index in [1.54, 1.807) is 0 Å². The van der Waals surface area contributed by atoms with Crippen LogP contribution >= 0.6 is 11.8 Å². The Morgan fingerprint density at radius 3 is 2.94 bits per heavy atom. The molecule has 0 aromatic carbocycles. The van der Waals surface area contributed by atoms with E-state index in [4.69, 9.17) is 4.74 Å². The van der Waals surface area contributed by atoms with E-state index in [9.17, 15) is 4.79 Å². The van der Waals surface area contributed by atoms with Gasteiger partial charge in [0, 0.05) is 17.3 Å². The predicted octanol–water partition coefficient (Wildman–Crippen LogP) is 2.20. The van der Waals surface area contributed by atoms with Gasteiger partial charge in [-0.2, -0.15) is 11.8 Å². The van der Waals surface area contributed by atoms with Gasteiger partial charge in [-0.05, 0) is 32.9 Å². The molecule has 3 unspecified atom stereocenters. The summed E-state index contributed by atoms with van der Waals surface area (Å²) in [5, 5.41) is 4.26. The van der Waals surface area contributed by atoms with Crippen molar-refractivity contribution in [1.29, 1.82) is 0 Å². The highest BCUT2D eigenvalue weighted by atomic mass is 32.2. The zero-order chi connectivity index (χ0) is 12.0. The summed E-state index contributed by atoms with van der Waals surface area (Å²) in [6, 6.07) is 0.788. The maximum Gasteiger partial charge on any atom is 0.307 e. The number of thioether (sulfide) groups is 1. The number of hydrogen-bond donors (Lipinski definition) is 1. The molecule has 3 atom stereocenters. The second-order valence-corrected chi connectivity index (χ2v) is 5.47. The molecule has 3 nitrogen and oxygen atoms in total. The quantitative estimate of drug-likeness (QED) is 0.728. The van der Waals surface area contributed by atoms with E-state index >= 15 is 0 Å². The van der Waals surface area contributed by atoms with Gasteiger partial charge >= 0.3 is 5.97 Å². The number of hydrogen-bond acceptors (Lipinski definition) is 4. The summed E-state index contributed by atoms with van der Waals surface area (Å²) in [4.78, 5) is 11.3. The molecule has 1 aliphatic carbocycles. The summed E-state index contributed by atoms with van der Waals surface area (Å²) in [6.07, 6.45) is 6.48. The van der Waals surface area contributed by atoms with Crippen molar-refractivity contribution in [3.63, 3.8) is 0 Å². The Kier molecular flexibility index (Phi) is 6.21. The zero-order valence-corrected chi connectivity index (χ0v) is 11.3. The average Bonchev–Trinajstić information content (AvgIpc) is 2.65. The first-order valence-corrected chi connectivity index (χ1v) is 7.40. The zero-order valence-electron chi connectivity index (χ0n) is 10.5. The summed E-state index contributed by atoms with van der Waals surface area (Å²) in [7, 11) is 0. The lowest BCUT2D eigenvalue weighted by molar-refractivity contribution is -0.143. The SMILES string of the molecule is CCOC(=O)CC(C)NC1CCCC1SC. The summed E-state index contributed by atoms with van der Waals surface area (Å²) in [5.74, 6) is -0.0961. The molecule has 1 saturated carbocycles. The number of carbonyl (C=O) groups excluding carboxylic acids is 1. The van der Waals surface area contributed by atoms with Crippen LogP contribution in [0.2, 0.25) is 0 Å². The first-order chi connectivity index (χ1) is 7.67. The molecule has 16 heavy (non-hydrogen) atoms. The molecular formula is C12H23NO2S. The fraction of sp³-hybridized carbons (Fsp3) is 0.917. The molecule has 1 rings (SSSR count). The van der Waals surface area contributed by atoms with E-state index in [0.717, 1.165) is 0 Å². The summed E-state index contributed by atoms with van der Waals surface area (Å²) >= 11 is 1.93. The van der Waals surface area contributed by atoms with Crippen molar-refractivity contribution in [2.75, 3.05) is 12.9 Å². The van der Waals surface area contributed by atoms with Crippen LogP contribution in [0.5, 0.6) is 0 Å². The molecular weight excluding hydrogens is 222 g/mol. The minimum atomic E-state index is -0.0961. The third-order valence-electron chi connectivity index (χ3n) is 3.03. The van der Waals surface area contributed by atoms with E-state index in [2.05, 4.69) is 18.5 Å². The van der Waals surface area contributed by atoms with Gasteiger partial charge in [0.15, 0.2) is 0 Å². The van der Waals surface area contributed by atoms with E-state index < -0.39 is 0 Å². The predicted molar refractivity (Wildman–Crippen MR) is 68.8 cm³/mol. The first kappa shape index (κ1) is 13.8. The molecule has 94 valence electrons. The number of rotatable bonds is 6. The van der Waals surface area contributed by atoms with Crippen molar-refractivity contribution in [3.8, 4) is 0 Å². The summed E-state index contributed by atoms with van der Waals surface area (Å²) < 4.78 is 4.95. The number of ether oxygens (including phenoxy) is 1. The Hall–Kier alpha value is -0.220. The Morgan fingerprint density at radius 1 is 1.56 bits per heavy atom. The maximum absolute atomic E-state index is 11.3. The van der Waals surface area contributed by atoms with Gasteiger partial charge in [0.2, 0.25) is 0 Å². The molecule has 0 bridgehead atoms. The van der Waals surface area contributed by atoms with Gasteiger partial charge in [-0.3, -0.25) is 4.79 Å². The highest BCUT2D eigenvalue weighted by molar-refractivity contribution is 7.99. The highest BCUT2D eigenvalue weighted by Gasteiger charge is 2.27. The Morgan fingerprint density at radius 2 is 2.31 bits per heavy atom. The van der Waals surface area contributed by atoms with E-state index in [1.807, 2.05) is 18.7 Å². The lowest BCUT2D eigenvalue weighted by Gasteiger charge is -2.23. The Bertz CT molecular complexity index is 223. The number of esters is 1. The van der Waals surface area contributed by atoms with Crippen LogP contribution in [-0.2, 0) is 9.53 Å². The lowest BCUT2D eigenvalue weighted by Crippen LogP contribution is -2.41. The molecule has 0 aromatic heterocycles. The van der Waals surface area contributed by atoms with Crippen LogP contribution < -0.4 is 5.32 Å². The van der Waals surface area contributed by atoms with Crippen molar-refractivity contribution in [2.45, 2.75) is 56.9 Å². The van der Waals surface area contributed by atoms with Crippen LogP contribution in [0.4, 0.5) is 0 Å². The standard InChI is InChI=1S/C12H23NO2S/c1-4-15-12(14)8-9(2)13-10-6-5-7-11(10)16-3/h9-11,13H,4-8H2,1-3H3. The van der Waals surface area contributed by atoms with Crippen molar-refractivity contribution in [2.24, 2.45) is 0 Å². The number of carbonyl (C=O) groups is 1. The molecule has 0 saturated heterocycles. The van der Waals surface area contributed by atoms with Gasteiger partial charge < -0.3 is 10.1 Å². The van der Waals surface area contributed by atoms with E-state index in [-0.39, 0.29) is 12.0 Å². The maximum atomic E-state index is 11.3. The molecule has 0 amide bonds. The van der Waals surface area contributed by atoms with Gasteiger partial charge in [0.25, 0.3) is 0 Å². The first-order valence-electron chi connectivity index (χ1n) is 6.11. The third-order valence-corrected chi connectivity index (χ3v) is 4.20. The molecule has 4 heteroatoms. The normalized spacial score (nSPS) is 26.7. The number of nitrogens with one attached hydrogen (secondary N) is 1. The van der Waals surface area contributed by atoms with Crippen molar-refractivity contribution >= 4 is 17.7 Å². The van der Waals surface area contributed by atoms with Crippen molar-refractivity contribution in [3.05, 3.63) is 0 Å². The molecule has 1 aliphatic rings. The molecule has 0 spiro atoms. The Balaban J connectivity index is 2.27. The topological polar surface area (TPSA) is 38.3 Å². The second kappa shape index (κ2) is 7.17. The smallest absolute Gasteiger partial charge is 0.307 e. The van der Waals surface area contributed by atoms with Crippen LogP contribution in [-0.4, -0.2) is 36.2 Å². The van der Waals surface area contributed by atoms with Crippen molar-refractivity contribution in [1.82, 2.24) is 5.32 Å². The van der Waals surface area contributed by atoms with Crippen LogP contribution in [0.15, 0.2) is 0 Å². The minimum absolute atomic E-state index is 0.0961. The molecule has 1 N–H and O–H groups in total. The van der Waals surface area contributed by atoms with Gasteiger partial charge in [-0.15, -0.1) is 0 Å². The largest absolute Gasteiger partial charge is 0.466 e. The van der Waals surface area contributed by atoms with Crippen LogP contribution in [0.3, 0.4) is 0 Å². The van der Waals surface area contributed by atoms with Gasteiger partial charge in [-0.25, -0.2) is 0 Å². The van der Waals surface area contributed by atoms with Crippen LogP contribution in [0.25, 0.3) is 0 Å². The monoisotopic (exact) mass is 245 g/mol. The molecule has 0 heterocycles. The van der Waals surface area contributed by atoms with Crippen molar-refractivity contribution < 1.29 is 9.53 Å². The van der Waals surface area contributed by atoms with E-state index in [1.165, 1.54) is 19.3 Å². The highest BCUT2D eigenvalue weighted by Crippen LogP contribution is 2.28. The third kappa shape index (κ3) is 4.34. The molecule has 0 aromatic rings. The van der Waals surface area contributed by atoms with E-state index in [0.29, 0.717) is 24.3 Å². The fourth-order valence-corrected chi connectivity index (χ4v) is 3.24.